The third-order valence-electron chi connectivity index (χ3n) is 2.75. The first-order valence-corrected chi connectivity index (χ1v) is 6.91. The van der Waals surface area contributed by atoms with Gasteiger partial charge in [-0.05, 0) is 25.3 Å². The molecule has 7 heteroatoms. The first-order valence-electron chi connectivity index (χ1n) is 5.62. The first-order chi connectivity index (χ1) is 9.03. The molecule has 2 N–H and O–H groups in total. The van der Waals surface area contributed by atoms with E-state index in [-0.39, 0.29) is 23.6 Å². The van der Waals surface area contributed by atoms with Crippen molar-refractivity contribution in [3.63, 3.8) is 0 Å². The summed E-state index contributed by atoms with van der Waals surface area (Å²) in [4.78, 5) is 10.4. The molecule has 0 aliphatic carbocycles. The summed E-state index contributed by atoms with van der Waals surface area (Å²) >= 11 is 1.47. The van der Waals surface area contributed by atoms with Crippen LogP contribution in [0.15, 0.2) is 18.2 Å². The molecule has 1 aromatic rings. The molecule has 0 radical (unpaired) electrons. The van der Waals surface area contributed by atoms with Crippen molar-refractivity contribution in [2.24, 2.45) is 0 Å². The van der Waals surface area contributed by atoms with Gasteiger partial charge in [-0.15, -0.1) is 0 Å². The Labute approximate surface area is 115 Å². The lowest BCUT2D eigenvalue weighted by atomic mass is 10.1. The number of nitro groups is 1. The van der Waals surface area contributed by atoms with Crippen LogP contribution in [0.2, 0.25) is 0 Å². The molecule has 2 atom stereocenters. The number of aliphatic hydroxyl groups excluding tert-OH is 1. The third kappa shape index (κ3) is 3.84. The van der Waals surface area contributed by atoms with Crippen molar-refractivity contribution in [2.75, 3.05) is 18.2 Å². The molecule has 0 saturated heterocycles. The molecule has 0 aliphatic heterocycles. The van der Waals surface area contributed by atoms with Gasteiger partial charge in [0.15, 0.2) is 0 Å². The summed E-state index contributed by atoms with van der Waals surface area (Å²) in [5.74, 6) is 0. The zero-order chi connectivity index (χ0) is 14.4. The fraction of sp³-hybridized carbons (Fsp3) is 0.417. The number of nitrogens with one attached hydrogen (secondary N) is 1. The van der Waals surface area contributed by atoms with Crippen LogP contribution in [-0.4, -0.2) is 34.2 Å². The molecule has 0 aliphatic rings. The standard InChI is InChI=1S/C12H15N3O3S/c1-8(12(7-16)19-2)14-10-5-9(6-13)3-4-11(10)15(17)18/h3-5,8,12,14,16H,7H2,1-2H3. The number of benzene rings is 1. The van der Waals surface area contributed by atoms with Gasteiger partial charge < -0.3 is 10.4 Å². The number of anilines is 1. The highest BCUT2D eigenvalue weighted by Crippen LogP contribution is 2.27. The average molecular weight is 281 g/mol. The molecule has 2 unspecified atom stereocenters. The maximum absolute atomic E-state index is 10.9. The minimum absolute atomic E-state index is 0.0267. The topological polar surface area (TPSA) is 99.2 Å². The molecular formula is C12H15N3O3S. The number of aliphatic hydroxyl groups is 1. The molecule has 0 amide bonds. The molecule has 19 heavy (non-hydrogen) atoms. The second kappa shape index (κ2) is 6.97. The van der Waals surface area contributed by atoms with E-state index in [9.17, 15) is 15.2 Å². The monoisotopic (exact) mass is 281 g/mol. The van der Waals surface area contributed by atoms with Crippen LogP contribution in [0.5, 0.6) is 0 Å². The van der Waals surface area contributed by atoms with E-state index in [0.29, 0.717) is 11.3 Å². The van der Waals surface area contributed by atoms with Gasteiger partial charge in [-0.1, -0.05) is 0 Å². The van der Waals surface area contributed by atoms with Crippen LogP contribution in [0.1, 0.15) is 12.5 Å². The second-order valence-electron chi connectivity index (χ2n) is 3.99. The van der Waals surface area contributed by atoms with Gasteiger partial charge in [0.25, 0.3) is 5.69 Å². The van der Waals surface area contributed by atoms with Gasteiger partial charge in [0.1, 0.15) is 5.69 Å². The number of nitro benzene ring substituents is 1. The summed E-state index contributed by atoms with van der Waals surface area (Å²) in [7, 11) is 0. The third-order valence-corrected chi connectivity index (χ3v) is 3.91. The van der Waals surface area contributed by atoms with Crippen LogP contribution in [0, 0.1) is 21.4 Å². The van der Waals surface area contributed by atoms with Crippen molar-refractivity contribution in [1.82, 2.24) is 0 Å². The molecule has 1 rings (SSSR count). The number of thioether (sulfide) groups is 1. The van der Waals surface area contributed by atoms with E-state index in [1.54, 1.807) is 0 Å². The number of hydrogen-bond acceptors (Lipinski definition) is 6. The lowest BCUT2D eigenvalue weighted by Gasteiger charge is -2.22. The van der Waals surface area contributed by atoms with Crippen LogP contribution < -0.4 is 5.32 Å². The van der Waals surface area contributed by atoms with Gasteiger partial charge >= 0.3 is 0 Å². The molecule has 0 aromatic heterocycles. The van der Waals surface area contributed by atoms with Crippen LogP contribution in [-0.2, 0) is 0 Å². The predicted molar refractivity (Wildman–Crippen MR) is 75.3 cm³/mol. The van der Waals surface area contributed by atoms with E-state index >= 15 is 0 Å². The Morgan fingerprint density at radius 3 is 2.79 bits per heavy atom. The summed E-state index contributed by atoms with van der Waals surface area (Å²) in [6.07, 6.45) is 1.86. The smallest absolute Gasteiger partial charge is 0.292 e. The molecule has 0 bridgehead atoms. The van der Waals surface area contributed by atoms with E-state index in [1.165, 1.54) is 30.0 Å². The van der Waals surface area contributed by atoms with Crippen LogP contribution in [0.4, 0.5) is 11.4 Å². The molecular weight excluding hydrogens is 266 g/mol. The maximum atomic E-state index is 10.9. The molecule has 0 spiro atoms. The zero-order valence-corrected chi connectivity index (χ0v) is 11.5. The normalized spacial score (nSPS) is 13.4. The Hall–Kier alpha value is -1.78. The van der Waals surface area contributed by atoms with Crippen LogP contribution in [0.25, 0.3) is 0 Å². The molecule has 0 fully saturated rings. The number of nitriles is 1. The zero-order valence-electron chi connectivity index (χ0n) is 10.7. The molecule has 6 nitrogen and oxygen atoms in total. The van der Waals surface area contributed by atoms with Gasteiger partial charge in [0.2, 0.25) is 0 Å². The van der Waals surface area contributed by atoms with Gasteiger partial charge in [0.05, 0.1) is 23.2 Å². The van der Waals surface area contributed by atoms with E-state index in [0.717, 1.165) is 0 Å². The summed E-state index contributed by atoms with van der Waals surface area (Å²) in [6, 6.07) is 5.95. The second-order valence-corrected chi connectivity index (χ2v) is 5.07. The minimum atomic E-state index is -0.497. The molecule has 0 heterocycles. The summed E-state index contributed by atoms with van der Waals surface area (Å²) in [5, 5.41) is 31.9. The summed E-state index contributed by atoms with van der Waals surface area (Å²) < 4.78 is 0. The average Bonchev–Trinajstić information content (AvgIpc) is 2.39. The van der Waals surface area contributed by atoms with Crippen LogP contribution in [0.3, 0.4) is 0 Å². The van der Waals surface area contributed by atoms with Gasteiger partial charge in [-0.3, -0.25) is 10.1 Å². The number of nitrogens with zero attached hydrogens (tertiary/aromatic N) is 2. The van der Waals surface area contributed by atoms with Crippen molar-refractivity contribution < 1.29 is 10.0 Å². The van der Waals surface area contributed by atoms with Crippen molar-refractivity contribution in [3.05, 3.63) is 33.9 Å². The van der Waals surface area contributed by atoms with Gasteiger partial charge in [-0.25, -0.2) is 0 Å². The first kappa shape index (κ1) is 15.3. The largest absolute Gasteiger partial charge is 0.395 e. The van der Waals surface area contributed by atoms with E-state index in [2.05, 4.69) is 5.32 Å². The van der Waals surface area contributed by atoms with E-state index < -0.39 is 4.92 Å². The van der Waals surface area contributed by atoms with E-state index in [1.807, 2.05) is 19.2 Å². The van der Waals surface area contributed by atoms with Crippen LogP contribution >= 0.6 is 11.8 Å². The van der Waals surface area contributed by atoms with Crippen molar-refractivity contribution in [1.29, 1.82) is 5.26 Å². The van der Waals surface area contributed by atoms with Gasteiger partial charge in [0, 0.05) is 17.4 Å². The maximum Gasteiger partial charge on any atom is 0.292 e. The Bertz CT molecular complexity index is 497. The highest BCUT2D eigenvalue weighted by molar-refractivity contribution is 7.99. The molecule has 1 aromatic carbocycles. The highest BCUT2D eigenvalue weighted by Gasteiger charge is 2.20. The SMILES string of the molecule is CSC(CO)C(C)Nc1cc(C#N)ccc1[N+](=O)[O-]. The molecule has 102 valence electrons. The Morgan fingerprint density at radius 1 is 1.63 bits per heavy atom. The van der Waals surface area contributed by atoms with E-state index in [4.69, 9.17) is 5.26 Å². The number of hydrogen-bond donors (Lipinski definition) is 2. The predicted octanol–water partition coefficient (Wildman–Crippen LogP) is 1.99. The minimum Gasteiger partial charge on any atom is -0.395 e. The van der Waals surface area contributed by atoms with Gasteiger partial charge in [-0.2, -0.15) is 17.0 Å². The lowest BCUT2D eigenvalue weighted by Crippen LogP contribution is -2.31. The Kier molecular flexibility index (Phi) is 5.60. The highest BCUT2D eigenvalue weighted by atomic mass is 32.2. The molecule has 0 saturated carbocycles. The fourth-order valence-electron chi connectivity index (χ4n) is 1.66. The lowest BCUT2D eigenvalue weighted by molar-refractivity contribution is -0.384. The summed E-state index contributed by atoms with van der Waals surface area (Å²) in [5.41, 5.74) is 0.567. The Morgan fingerprint density at radius 2 is 2.32 bits per heavy atom. The quantitative estimate of drug-likeness (QED) is 0.611. The van der Waals surface area contributed by atoms with Crippen molar-refractivity contribution in [3.8, 4) is 6.07 Å². The van der Waals surface area contributed by atoms with Crippen molar-refractivity contribution in [2.45, 2.75) is 18.2 Å². The summed E-state index contributed by atoms with van der Waals surface area (Å²) in [6.45, 7) is 1.81. The van der Waals surface area contributed by atoms with Crippen molar-refractivity contribution >= 4 is 23.1 Å². The Balaban J connectivity index is 3.04. The fourth-order valence-corrected chi connectivity index (χ4v) is 2.28. The number of rotatable bonds is 6.